The number of carboxylic acid groups (broad SMARTS) is 1. The average molecular weight is 244 g/mol. The molecule has 16 heavy (non-hydrogen) atoms. The van der Waals surface area contributed by atoms with Gasteiger partial charge in [-0.3, -0.25) is 10.1 Å². The highest BCUT2D eigenvalue weighted by atomic mass is 32.1. The van der Waals surface area contributed by atoms with E-state index in [-0.39, 0.29) is 6.61 Å². The molecule has 0 aliphatic rings. The number of hydrogen-bond acceptors (Lipinski definition) is 5. The first-order chi connectivity index (χ1) is 7.49. The molecule has 0 unspecified atom stereocenters. The standard InChI is InChI=1S/C9H12N2O4S/c1-5-4-16-9(10-5)11-7(12)3-15-6(2)8(13)14/h4,6H,3H2,1-2H3,(H,13,14)(H,10,11,12)/t6-/m1/s1. The van der Waals surface area contributed by atoms with Crippen molar-refractivity contribution in [3.05, 3.63) is 11.1 Å². The second kappa shape index (κ2) is 5.57. The predicted octanol–water partition coefficient (Wildman–Crippen LogP) is 0.880. The number of aliphatic carboxylic acids is 1. The highest BCUT2D eigenvalue weighted by Crippen LogP contribution is 2.13. The van der Waals surface area contributed by atoms with Crippen molar-refractivity contribution < 1.29 is 19.4 Å². The van der Waals surface area contributed by atoms with E-state index in [1.807, 2.05) is 6.92 Å². The zero-order valence-corrected chi connectivity index (χ0v) is 9.71. The van der Waals surface area contributed by atoms with Crippen LogP contribution in [0.2, 0.25) is 0 Å². The molecular formula is C9H12N2O4S. The molecule has 1 aromatic heterocycles. The van der Waals surface area contributed by atoms with E-state index in [4.69, 9.17) is 9.84 Å². The van der Waals surface area contributed by atoms with Crippen molar-refractivity contribution in [2.75, 3.05) is 11.9 Å². The first-order valence-corrected chi connectivity index (χ1v) is 5.43. The number of thiazole rings is 1. The van der Waals surface area contributed by atoms with Crippen molar-refractivity contribution in [2.24, 2.45) is 0 Å². The summed E-state index contributed by atoms with van der Waals surface area (Å²) in [5.41, 5.74) is 0.820. The fourth-order valence-electron chi connectivity index (χ4n) is 0.839. The summed E-state index contributed by atoms with van der Waals surface area (Å²) in [6, 6.07) is 0. The smallest absolute Gasteiger partial charge is 0.332 e. The Balaban J connectivity index is 2.34. The van der Waals surface area contributed by atoms with Crippen LogP contribution in [0, 0.1) is 6.92 Å². The van der Waals surface area contributed by atoms with Crippen molar-refractivity contribution in [2.45, 2.75) is 20.0 Å². The number of carbonyl (C=O) groups excluding carboxylic acids is 1. The lowest BCUT2D eigenvalue weighted by Crippen LogP contribution is -2.26. The first kappa shape index (κ1) is 12.6. The molecule has 7 heteroatoms. The molecular weight excluding hydrogens is 232 g/mol. The molecule has 0 saturated carbocycles. The zero-order valence-electron chi connectivity index (χ0n) is 8.89. The molecule has 0 radical (unpaired) electrons. The van der Waals surface area contributed by atoms with E-state index in [1.54, 1.807) is 5.38 Å². The van der Waals surface area contributed by atoms with Gasteiger partial charge in [0.1, 0.15) is 6.61 Å². The summed E-state index contributed by atoms with van der Waals surface area (Å²) in [5, 5.41) is 13.3. The zero-order chi connectivity index (χ0) is 12.1. The quantitative estimate of drug-likeness (QED) is 0.802. The van der Waals surface area contributed by atoms with E-state index < -0.39 is 18.0 Å². The number of nitrogens with zero attached hydrogens (tertiary/aromatic N) is 1. The van der Waals surface area contributed by atoms with Crippen LogP contribution in [-0.2, 0) is 14.3 Å². The van der Waals surface area contributed by atoms with Gasteiger partial charge in [0.15, 0.2) is 11.2 Å². The van der Waals surface area contributed by atoms with Crippen molar-refractivity contribution in [3.63, 3.8) is 0 Å². The van der Waals surface area contributed by atoms with Gasteiger partial charge in [-0.25, -0.2) is 9.78 Å². The lowest BCUT2D eigenvalue weighted by molar-refractivity contribution is -0.150. The monoisotopic (exact) mass is 244 g/mol. The van der Waals surface area contributed by atoms with Crippen LogP contribution in [0.3, 0.4) is 0 Å². The third kappa shape index (κ3) is 3.95. The van der Waals surface area contributed by atoms with Gasteiger partial charge in [-0.2, -0.15) is 0 Å². The predicted molar refractivity (Wildman–Crippen MR) is 58.5 cm³/mol. The number of carboxylic acids is 1. The van der Waals surface area contributed by atoms with Crippen molar-refractivity contribution >= 4 is 28.3 Å². The van der Waals surface area contributed by atoms with Crippen LogP contribution in [0.15, 0.2) is 5.38 Å². The Morgan fingerprint density at radius 1 is 1.69 bits per heavy atom. The van der Waals surface area contributed by atoms with E-state index in [0.29, 0.717) is 5.13 Å². The highest BCUT2D eigenvalue weighted by molar-refractivity contribution is 7.13. The lowest BCUT2D eigenvalue weighted by Gasteiger charge is -2.07. The minimum Gasteiger partial charge on any atom is -0.479 e. The molecule has 1 atom stereocenters. The summed E-state index contributed by atoms with van der Waals surface area (Å²) in [7, 11) is 0. The topological polar surface area (TPSA) is 88.5 Å². The maximum atomic E-state index is 11.3. The molecule has 1 aromatic rings. The third-order valence-corrected chi connectivity index (χ3v) is 2.55. The van der Waals surface area contributed by atoms with Crippen LogP contribution >= 0.6 is 11.3 Å². The largest absolute Gasteiger partial charge is 0.479 e. The van der Waals surface area contributed by atoms with E-state index in [9.17, 15) is 9.59 Å². The summed E-state index contributed by atoms with van der Waals surface area (Å²) < 4.78 is 4.81. The normalized spacial score (nSPS) is 12.1. The minimum absolute atomic E-state index is 0.300. The van der Waals surface area contributed by atoms with E-state index in [1.165, 1.54) is 18.3 Å². The maximum Gasteiger partial charge on any atom is 0.332 e. The Morgan fingerprint density at radius 2 is 2.38 bits per heavy atom. The molecule has 0 spiro atoms. The summed E-state index contributed by atoms with van der Waals surface area (Å²) in [6.07, 6.45) is -0.996. The molecule has 0 saturated heterocycles. The Kier molecular flexibility index (Phi) is 4.39. The summed E-state index contributed by atoms with van der Waals surface area (Å²) in [4.78, 5) is 25.7. The molecule has 0 aliphatic heterocycles. The van der Waals surface area contributed by atoms with Gasteiger partial charge < -0.3 is 9.84 Å². The van der Waals surface area contributed by atoms with Crippen molar-refractivity contribution in [1.29, 1.82) is 0 Å². The fourth-order valence-corrected chi connectivity index (χ4v) is 1.54. The number of carbonyl (C=O) groups is 2. The van der Waals surface area contributed by atoms with Crippen LogP contribution in [0.5, 0.6) is 0 Å². The molecule has 1 rings (SSSR count). The van der Waals surface area contributed by atoms with Gasteiger partial charge in [-0.15, -0.1) is 11.3 Å². The van der Waals surface area contributed by atoms with Crippen LogP contribution in [0.4, 0.5) is 5.13 Å². The van der Waals surface area contributed by atoms with Crippen LogP contribution in [0.1, 0.15) is 12.6 Å². The molecule has 0 aliphatic carbocycles. The average Bonchev–Trinajstić information content (AvgIpc) is 2.60. The molecule has 0 aromatic carbocycles. The van der Waals surface area contributed by atoms with Gasteiger partial charge in [-0.1, -0.05) is 0 Å². The fraction of sp³-hybridized carbons (Fsp3) is 0.444. The molecule has 2 N–H and O–H groups in total. The summed E-state index contributed by atoms with van der Waals surface area (Å²) in [6.45, 7) is 2.88. The highest BCUT2D eigenvalue weighted by Gasteiger charge is 2.13. The van der Waals surface area contributed by atoms with E-state index >= 15 is 0 Å². The number of aromatic nitrogens is 1. The van der Waals surface area contributed by atoms with Gasteiger partial charge in [0, 0.05) is 5.38 Å². The molecule has 88 valence electrons. The van der Waals surface area contributed by atoms with Gasteiger partial charge in [0.25, 0.3) is 5.91 Å². The van der Waals surface area contributed by atoms with Gasteiger partial charge >= 0.3 is 5.97 Å². The number of rotatable bonds is 5. The maximum absolute atomic E-state index is 11.3. The second-order valence-corrected chi connectivity index (χ2v) is 3.99. The second-order valence-electron chi connectivity index (χ2n) is 3.13. The van der Waals surface area contributed by atoms with Crippen LogP contribution < -0.4 is 5.32 Å². The molecule has 1 amide bonds. The number of nitrogens with one attached hydrogen (secondary N) is 1. The number of amides is 1. The van der Waals surface area contributed by atoms with Crippen molar-refractivity contribution in [1.82, 2.24) is 4.98 Å². The molecule has 0 fully saturated rings. The molecule has 1 heterocycles. The lowest BCUT2D eigenvalue weighted by atomic mass is 10.4. The van der Waals surface area contributed by atoms with Gasteiger partial charge in [0.05, 0.1) is 5.69 Å². The minimum atomic E-state index is -1.10. The van der Waals surface area contributed by atoms with E-state index in [0.717, 1.165) is 5.69 Å². The van der Waals surface area contributed by atoms with Gasteiger partial charge in [-0.05, 0) is 13.8 Å². The number of hydrogen-bond donors (Lipinski definition) is 2. The summed E-state index contributed by atoms with van der Waals surface area (Å²) >= 11 is 1.30. The Morgan fingerprint density at radius 3 is 2.88 bits per heavy atom. The van der Waals surface area contributed by atoms with Crippen LogP contribution in [-0.4, -0.2) is 34.7 Å². The first-order valence-electron chi connectivity index (χ1n) is 4.55. The van der Waals surface area contributed by atoms with E-state index in [2.05, 4.69) is 10.3 Å². The number of anilines is 1. The number of aryl methyl sites for hydroxylation is 1. The Bertz CT molecular complexity index is 391. The van der Waals surface area contributed by atoms with Crippen molar-refractivity contribution in [3.8, 4) is 0 Å². The number of ether oxygens (including phenoxy) is 1. The Labute approximate surface area is 96.3 Å². The summed E-state index contributed by atoms with van der Waals surface area (Å²) in [5.74, 6) is -1.51. The molecule has 6 nitrogen and oxygen atoms in total. The SMILES string of the molecule is Cc1csc(NC(=O)CO[C@H](C)C(=O)O)n1. The Hall–Kier alpha value is -1.47. The van der Waals surface area contributed by atoms with Gasteiger partial charge in [0.2, 0.25) is 0 Å². The third-order valence-electron chi connectivity index (χ3n) is 1.68. The van der Waals surface area contributed by atoms with Crippen LogP contribution in [0.25, 0.3) is 0 Å². The molecule has 0 bridgehead atoms.